The van der Waals surface area contributed by atoms with E-state index in [1.807, 2.05) is 24.3 Å². The molecule has 0 radical (unpaired) electrons. The van der Waals surface area contributed by atoms with Crippen LogP contribution >= 0.6 is 11.8 Å². The summed E-state index contributed by atoms with van der Waals surface area (Å²) in [5.74, 6) is 0.257. The van der Waals surface area contributed by atoms with Gasteiger partial charge >= 0.3 is 24.4 Å². The zero-order valence-electron chi connectivity index (χ0n) is 32.8. The van der Waals surface area contributed by atoms with Crippen molar-refractivity contribution in [3.8, 4) is 0 Å². The Morgan fingerprint density at radius 3 is 0.887 bits per heavy atom. The lowest BCUT2D eigenvalue weighted by molar-refractivity contribution is 0.0351. The monoisotopic (exact) mass is 752 g/mol. The second-order valence-electron chi connectivity index (χ2n) is 16.4. The van der Waals surface area contributed by atoms with Crippen LogP contribution in [0.5, 0.6) is 0 Å². The van der Waals surface area contributed by atoms with Crippen molar-refractivity contribution in [1.29, 1.82) is 0 Å². The lowest BCUT2D eigenvalue weighted by atomic mass is 10.2. The molecule has 2 fully saturated rings. The molecule has 0 aromatic heterocycles. The first-order valence-corrected chi connectivity index (χ1v) is 18.3. The number of carbonyl (C=O) groups excluding carboxylic acids is 4. The van der Waals surface area contributed by atoms with Gasteiger partial charge in [0.1, 0.15) is 22.4 Å². The first-order chi connectivity index (χ1) is 24.4. The van der Waals surface area contributed by atoms with Crippen molar-refractivity contribution >= 4 is 59.4 Å². The molecule has 2 aromatic rings. The molecule has 2 aliphatic rings. The maximum atomic E-state index is 13.1. The Morgan fingerprint density at radius 1 is 0.453 bits per heavy atom. The Kier molecular flexibility index (Phi) is 12.1. The zero-order chi connectivity index (χ0) is 39.5. The molecule has 2 saturated heterocycles. The van der Waals surface area contributed by atoms with Crippen LogP contribution in [0.25, 0.3) is 0 Å². The van der Waals surface area contributed by atoms with E-state index in [-0.39, 0.29) is 38.1 Å². The van der Waals surface area contributed by atoms with E-state index in [0.717, 1.165) is 9.79 Å². The summed E-state index contributed by atoms with van der Waals surface area (Å²) in [7, 11) is 0. The second kappa shape index (κ2) is 15.7. The lowest BCUT2D eigenvalue weighted by Gasteiger charge is -2.27. The number of aliphatic imine (C=N–C) groups is 2. The predicted molar refractivity (Wildman–Crippen MR) is 203 cm³/mol. The van der Waals surface area contributed by atoms with Crippen LogP contribution in [0, 0.1) is 0 Å². The molecule has 0 atom stereocenters. The van der Waals surface area contributed by atoms with Crippen molar-refractivity contribution < 1.29 is 38.1 Å². The van der Waals surface area contributed by atoms with Gasteiger partial charge in [0.05, 0.1) is 37.6 Å². The highest BCUT2D eigenvalue weighted by Gasteiger charge is 2.41. The molecule has 0 saturated carbocycles. The van der Waals surface area contributed by atoms with Crippen LogP contribution in [0.1, 0.15) is 83.1 Å². The molecule has 4 rings (SSSR count). The molecule has 2 heterocycles. The van der Waals surface area contributed by atoms with Gasteiger partial charge in [0.15, 0.2) is 0 Å². The first kappa shape index (κ1) is 41.0. The van der Waals surface area contributed by atoms with Crippen LogP contribution in [0.15, 0.2) is 68.3 Å². The van der Waals surface area contributed by atoms with Crippen molar-refractivity contribution in [2.45, 2.75) is 115 Å². The highest BCUT2D eigenvalue weighted by atomic mass is 32.2. The molecule has 14 nitrogen and oxygen atoms in total. The maximum absolute atomic E-state index is 13.1. The Morgan fingerprint density at radius 2 is 0.679 bits per heavy atom. The van der Waals surface area contributed by atoms with E-state index < -0.39 is 46.8 Å². The van der Waals surface area contributed by atoms with Gasteiger partial charge in [-0.25, -0.2) is 48.8 Å². The summed E-state index contributed by atoms with van der Waals surface area (Å²) < 4.78 is 22.3. The fraction of sp³-hybridized carbons (Fsp3) is 0.526. The molecule has 0 spiro atoms. The Labute approximate surface area is 316 Å². The molecule has 2 aromatic carbocycles. The molecule has 2 aliphatic heterocycles. The van der Waals surface area contributed by atoms with Crippen LogP contribution in [-0.2, 0) is 18.9 Å². The van der Waals surface area contributed by atoms with E-state index >= 15 is 0 Å². The van der Waals surface area contributed by atoms with Gasteiger partial charge in [0.25, 0.3) is 0 Å². The van der Waals surface area contributed by atoms with Crippen molar-refractivity contribution in [3.63, 3.8) is 0 Å². The minimum atomic E-state index is -0.733. The number of guanidine groups is 2. The van der Waals surface area contributed by atoms with E-state index in [1.54, 1.807) is 107 Å². The van der Waals surface area contributed by atoms with E-state index in [9.17, 15) is 19.2 Å². The fourth-order valence-electron chi connectivity index (χ4n) is 4.84. The minimum absolute atomic E-state index is 0.129. The SMILES string of the molecule is CC(C)(C)OC(=O)N1CCN(C(=O)OC(C)(C)C)C1=Nc1ccc(Sc2ccc(N=C3N(C(=O)OC(C)(C)C)CCN3C(=O)OC(C)(C)C)cc2)cc1. The molecule has 0 bridgehead atoms. The molecule has 0 N–H and O–H groups in total. The minimum Gasteiger partial charge on any atom is -0.443 e. The average molecular weight is 753 g/mol. The second-order valence-corrected chi connectivity index (χ2v) is 17.6. The highest BCUT2D eigenvalue weighted by molar-refractivity contribution is 7.99. The van der Waals surface area contributed by atoms with Crippen LogP contribution in [-0.4, -0.2) is 104 Å². The third-order valence-corrected chi connectivity index (χ3v) is 7.90. The van der Waals surface area contributed by atoms with Crippen molar-refractivity contribution in [2.75, 3.05) is 26.2 Å². The quantitative estimate of drug-likeness (QED) is 0.280. The number of hydrogen-bond acceptors (Lipinski definition) is 11. The van der Waals surface area contributed by atoms with Crippen LogP contribution < -0.4 is 0 Å². The standard InChI is InChI=1S/C38H52N6O8S/c1-35(2,3)49-31(45)41-21-22-42(32(46)50-36(4,5)6)29(41)39-25-13-17-27(18-14-25)53-28-19-15-26(16-20-28)40-30-43(33(47)51-37(7,8)9)23-24-44(30)34(48)52-38(10,11)12/h13-20H,21-24H2,1-12H3. The number of carbonyl (C=O) groups is 4. The highest BCUT2D eigenvalue weighted by Crippen LogP contribution is 2.32. The summed E-state index contributed by atoms with van der Waals surface area (Å²) in [5.41, 5.74) is -1.88. The van der Waals surface area contributed by atoms with E-state index in [1.165, 1.54) is 31.4 Å². The summed E-state index contributed by atoms with van der Waals surface area (Å²) in [6, 6.07) is 14.7. The van der Waals surface area contributed by atoms with E-state index in [4.69, 9.17) is 18.9 Å². The summed E-state index contributed by atoms with van der Waals surface area (Å²) in [4.78, 5) is 68.8. The Bertz CT molecular complexity index is 1530. The predicted octanol–water partition coefficient (Wildman–Crippen LogP) is 8.79. The van der Waals surface area contributed by atoms with Crippen molar-refractivity contribution in [1.82, 2.24) is 19.6 Å². The molecule has 15 heteroatoms. The third kappa shape index (κ3) is 12.1. The number of rotatable bonds is 4. The zero-order valence-corrected chi connectivity index (χ0v) is 33.6. The average Bonchev–Trinajstić information content (AvgIpc) is 3.60. The molecule has 0 unspecified atom stereocenters. The molecule has 4 amide bonds. The van der Waals surface area contributed by atoms with Crippen LogP contribution in [0.4, 0.5) is 30.6 Å². The van der Waals surface area contributed by atoms with Gasteiger partial charge in [-0.15, -0.1) is 0 Å². The summed E-state index contributed by atoms with van der Waals surface area (Å²) in [6.07, 6.45) is -2.42. The molecule has 0 aliphatic carbocycles. The summed E-state index contributed by atoms with van der Waals surface area (Å²) in [6.45, 7) is 22.1. The fourth-order valence-corrected chi connectivity index (χ4v) is 5.65. The number of benzene rings is 2. The molecular weight excluding hydrogens is 701 g/mol. The first-order valence-electron chi connectivity index (χ1n) is 17.4. The van der Waals surface area contributed by atoms with Gasteiger partial charge in [-0.3, -0.25) is 0 Å². The molecule has 288 valence electrons. The lowest BCUT2D eigenvalue weighted by Crippen LogP contribution is -2.44. The largest absolute Gasteiger partial charge is 0.443 e. The van der Waals surface area contributed by atoms with Gasteiger partial charge in [-0.2, -0.15) is 0 Å². The molecule has 53 heavy (non-hydrogen) atoms. The van der Waals surface area contributed by atoms with Gasteiger partial charge in [-0.1, -0.05) is 11.8 Å². The third-order valence-electron chi connectivity index (χ3n) is 6.88. The van der Waals surface area contributed by atoms with Crippen molar-refractivity contribution in [3.05, 3.63) is 48.5 Å². The maximum Gasteiger partial charge on any atom is 0.417 e. The Hall–Kier alpha value is -4.79. The van der Waals surface area contributed by atoms with E-state index in [0.29, 0.717) is 11.4 Å². The van der Waals surface area contributed by atoms with Crippen molar-refractivity contribution in [2.24, 2.45) is 9.98 Å². The van der Waals surface area contributed by atoms with Gasteiger partial charge < -0.3 is 18.9 Å². The van der Waals surface area contributed by atoms with Gasteiger partial charge in [0.2, 0.25) is 11.9 Å². The number of hydrogen-bond donors (Lipinski definition) is 0. The van der Waals surface area contributed by atoms with Crippen LogP contribution in [0.2, 0.25) is 0 Å². The Balaban J connectivity index is 1.54. The summed E-state index contributed by atoms with van der Waals surface area (Å²) in [5, 5.41) is 0. The number of nitrogens with zero attached hydrogens (tertiary/aromatic N) is 6. The van der Waals surface area contributed by atoms with Gasteiger partial charge in [-0.05, 0) is 132 Å². The summed E-state index contributed by atoms with van der Waals surface area (Å²) >= 11 is 1.50. The number of amides is 4. The normalized spacial score (nSPS) is 15.4. The topological polar surface area (TPSA) is 143 Å². The van der Waals surface area contributed by atoms with E-state index in [2.05, 4.69) is 9.98 Å². The van der Waals surface area contributed by atoms with Gasteiger partial charge in [0, 0.05) is 9.79 Å². The smallest absolute Gasteiger partial charge is 0.417 e. The molecular formula is C38H52N6O8S. The number of ether oxygens (including phenoxy) is 4. The van der Waals surface area contributed by atoms with Crippen LogP contribution in [0.3, 0.4) is 0 Å².